The van der Waals surface area contributed by atoms with Crippen molar-refractivity contribution in [2.75, 3.05) is 17.7 Å². The van der Waals surface area contributed by atoms with Crippen molar-refractivity contribution >= 4 is 21.6 Å². The van der Waals surface area contributed by atoms with Crippen molar-refractivity contribution in [1.29, 1.82) is 0 Å². The maximum Gasteiger partial charge on any atom is 0.244 e. The molecule has 0 aliphatic heterocycles. The summed E-state index contributed by atoms with van der Waals surface area (Å²) in [6.07, 6.45) is 4.82. The zero-order valence-electron chi connectivity index (χ0n) is 18.0. The topological polar surface area (TPSA) is 75.7 Å². The Kier molecular flexibility index (Phi) is 6.71. The van der Waals surface area contributed by atoms with Gasteiger partial charge in [0.1, 0.15) is 11.8 Å². The summed E-state index contributed by atoms with van der Waals surface area (Å²) >= 11 is 0. The molecule has 7 heteroatoms. The summed E-state index contributed by atoms with van der Waals surface area (Å²) in [7, 11) is -2.12. The van der Waals surface area contributed by atoms with Crippen molar-refractivity contribution < 1.29 is 17.9 Å². The van der Waals surface area contributed by atoms with Gasteiger partial charge in [-0.05, 0) is 73.6 Å². The van der Waals surface area contributed by atoms with Crippen LogP contribution in [0.1, 0.15) is 49.4 Å². The number of benzene rings is 2. The number of nitrogens with zero attached hydrogens (tertiary/aromatic N) is 1. The van der Waals surface area contributed by atoms with Gasteiger partial charge in [-0.2, -0.15) is 0 Å². The number of rotatable bonds is 8. The van der Waals surface area contributed by atoms with E-state index >= 15 is 0 Å². The summed E-state index contributed by atoms with van der Waals surface area (Å²) in [6, 6.07) is 12.0. The molecule has 0 fully saturated rings. The Bertz CT molecular complexity index is 1000. The van der Waals surface area contributed by atoms with Gasteiger partial charge in [0.15, 0.2) is 0 Å². The van der Waals surface area contributed by atoms with Crippen LogP contribution in [0.2, 0.25) is 0 Å². The number of amides is 1. The van der Waals surface area contributed by atoms with Crippen molar-refractivity contribution in [3.8, 4) is 5.75 Å². The fourth-order valence-corrected chi connectivity index (χ4v) is 5.26. The normalized spacial score (nSPS) is 15.2. The minimum atomic E-state index is -3.67. The summed E-state index contributed by atoms with van der Waals surface area (Å²) in [5, 5.41) is 3.01. The van der Waals surface area contributed by atoms with E-state index in [4.69, 9.17) is 4.74 Å². The SMILES string of the molecule is CC[C@H](C(=O)N[C@@H](C)c1ccc2c(c1)CCC2)N(c1ccc(OC)cc1)S(C)(=O)=O. The number of fused-ring (bicyclic) bond motifs is 1. The van der Waals surface area contributed by atoms with E-state index in [2.05, 4.69) is 17.4 Å². The van der Waals surface area contributed by atoms with Crippen LogP contribution in [0.25, 0.3) is 0 Å². The molecule has 30 heavy (non-hydrogen) atoms. The minimum Gasteiger partial charge on any atom is -0.497 e. The average Bonchev–Trinajstić information content (AvgIpc) is 3.18. The Labute approximate surface area is 179 Å². The molecule has 2 aromatic rings. The van der Waals surface area contributed by atoms with Crippen molar-refractivity contribution in [1.82, 2.24) is 5.32 Å². The fraction of sp³-hybridized carbons (Fsp3) is 0.435. The van der Waals surface area contributed by atoms with Crippen LogP contribution in [0, 0.1) is 0 Å². The van der Waals surface area contributed by atoms with E-state index in [-0.39, 0.29) is 11.9 Å². The molecule has 0 radical (unpaired) electrons. The predicted molar refractivity (Wildman–Crippen MR) is 119 cm³/mol. The Balaban J connectivity index is 1.83. The second kappa shape index (κ2) is 9.08. The van der Waals surface area contributed by atoms with Crippen molar-refractivity contribution in [2.24, 2.45) is 0 Å². The van der Waals surface area contributed by atoms with Crippen LogP contribution < -0.4 is 14.4 Å². The Hall–Kier alpha value is -2.54. The first kappa shape index (κ1) is 22.2. The molecule has 162 valence electrons. The van der Waals surface area contributed by atoms with Gasteiger partial charge in [0.05, 0.1) is 25.1 Å². The van der Waals surface area contributed by atoms with E-state index in [0.717, 1.165) is 24.7 Å². The lowest BCUT2D eigenvalue weighted by atomic mass is 10.0. The molecule has 1 N–H and O–H groups in total. The largest absolute Gasteiger partial charge is 0.497 e. The molecule has 1 aliphatic carbocycles. The lowest BCUT2D eigenvalue weighted by Gasteiger charge is -2.31. The molecule has 0 spiro atoms. The molecule has 0 bridgehead atoms. The molecule has 0 saturated heterocycles. The second-order valence-electron chi connectivity index (χ2n) is 7.79. The molecule has 3 rings (SSSR count). The van der Waals surface area contributed by atoms with Crippen LogP contribution in [-0.4, -0.2) is 33.7 Å². The molecule has 2 aromatic carbocycles. The standard InChI is InChI=1S/C23H30N2O4S/c1-5-22(25(30(4,27)28)20-11-13-21(29-3)14-12-20)23(26)24-16(2)18-10-9-17-7-6-8-19(17)15-18/h9-16,22H,5-8H2,1-4H3,(H,24,26)/t16-,22+/m0/s1. The van der Waals surface area contributed by atoms with E-state index in [0.29, 0.717) is 17.9 Å². The first-order valence-electron chi connectivity index (χ1n) is 10.3. The molecular formula is C23H30N2O4S. The van der Waals surface area contributed by atoms with Crippen molar-refractivity contribution in [2.45, 2.75) is 51.6 Å². The maximum absolute atomic E-state index is 13.1. The summed E-state index contributed by atoms with van der Waals surface area (Å²) in [5.74, 6) is 0.307. The van der Waals surface area contributed by atoms with Crippen LogP contribution in [-0.2, 0) is 27.7 Å². The third kappa shape index (κ3) is 4.78. The summed E-state index contributed by atoms with van der Waals surface area (Å²) < 4.78 is 31.5. The van der Waals surface area contributed by atoms with Crippen LogP contribution in [0.15, 0.2) is 42.5 Å². The summed E-state index contributed by atoms with van der Waals surface area (Å²) in [6.45, 7) is 3.74. The van der Waals surface area contributed by atoms with E-state index in [1.54, 1.807) is 31.4 Å². The zero-order chi connectivity index (χ0) is 21.9. The number of carbonyl (C=O) groups excluding carboxylic acids is 1. The highest BCUT2D eigenvalue weighted by Crippen LogP contribution is 2.27. The number of aryl methyl sites for hydroxylation is 2. The van der Waals surface area contributed by atoms with Gasteiger partial charge in [-0.1, -0.05) is 25.1 Å². The van der Waals surface area contributed by atoms with E-state index in [9.17, 15) is 13.2 Å². The van der Waals surface area contributed by atoms with Gasteiger partial charge >= 0.3 is 0 Å². The summed E-state index contributed by atoms with van der Waals surface area (Å²) in [4.78, 5) is 13.1. The molecule has 2 atom stereocenters. The quantitative estimate of drug-likeness (QED) is 0.694. The third-order valence-corrected chi connectivity index (χ3v) is 6.82. The lowest BCUT2D eigenvalue weighted by Crippen LogP contribution is -2.49. The highest BCUT2D eigenvalue weighted by atomic mass is 32.2. The highest BCUT2D eigenvalue weighted by Gasteiger charge is 2.32. The molecule has 0 aromatic heterocycles. The van der Waals surface area contributed by atoms with Gasteiger partial charge in [0.2, 0.25) is 15.9 Å². The number of hydrogen-bond acceptors (Lipinski definition) is 4. The first-order valence-corrected chi connectivity index (χ1v) is 12.1. The van der Waals surface area contributed by atoms with Gasteiger partial charge in [-0.25, -0.2) is 8.42 Å². The molecule has 6 nitrogen and oxygen atoms in total. The van der Waals surface area contributed by atoms with E-state index in [1.165, 1.54) is 21.9 Å². The molecule has 1 aliphatic rings. The number of methoxy groups -OCH3 is 1. The zero-order valence-corrected chi connectivity index (χ0v) is 18.8. The third-order valence-electron chi connectivity index (χ3n) is 5.64. The molecular weight excluding hydrogens is 400 g/mol. The number of hydrogen-bond donors (Lipinski definition) is 1. The van der Waals surface area contributed by atoms with Gasteiger partial charge in [0.25, 0.3) is 0 Å². The molecule has 1 amide bonds. The monoisotopic (exact) mass is 430 g/mol. The number of ether oxygens (including phenoxy) is 1. The smallest absolute Gasteiger partial charge is 0.244 e. The predicted octanol–water partition coefficient (Wildman–Crippen LogP) is 3.61. The summed E-state index contributed by atoms with van der Waals surface area (Å²) in [5.41, 5.74) is 4.20. The number of carbonyl (C=O) groups is 1. The van der Waals surface area contributed by atoms with Crippen LogP contribution in [0.3, 0.4) is 0 Å². The fourth-order valence-electron chi connectivity index (χ4n) is 4.04. The van der Waals surface area contributed by atoms with Crippen molar-refractivity contribution in [3.63, 3.8) is 0 Å². The number of nitrogens with one attached hydrogen (secondary N) is 1. The van der Waals surface area contributed by atoms with Crippen LogP contribution in [0.4, 0.5) is 5.69 Å². The molecule has 0 heterocycles. The van der Waals surface area contributed by atoms with Crippen molar-refractivity contribution in [3.05, 3.63) is 59.2 Å². The maximum atomic E-state index is 13.1. The highest BCUT2D eigenvalue weighted by molar-refractivity contribution is 7.92. The van der Waals surface area contributed by atoms with E-state index < -0.39 is 16.1 Å². The number of sulfonamides is 1. The van der Waals surface area contributed by atoms with Gasteiger partial charge in [-0.3, -0.25) is 9.10 Å². The van der Waals surface area contributed by atoms with Crippen LogP contribution in [0.5, 0.6) is 5.75 Å². The minimum absolute atomic E-state index is 0.213. The van der Waals surface area contributed by atoms with Gasteiger partial charge < -0.3 is 10.1 Å². The second-order valence-corrected chi connectivity index (χ2v) is 9.65. The number of anilines is 1. The Morgan fingerprint density at radius 1 is 1.13 bits per heavy atom. The molecule has 0 saturated carbocycles. The molecule has 0 unspecified atom stereocenters. The van der Waals surface area contributed by atoms with E-state index in [1.807, 2.05) is 19.9 Å². The van der Waals surface area contributed by atoms with Crippen LogP contribution >= 0.6 is 0 Å². The first-order chi connectivity index (χ1) is 14.2. The Morgan fingerprint density at radius 2 is 1.80 bits per heavy atom. The Morgan fingerprint density at radius 3 is 2.40 bits per heavy atom. The van der Waals surface area contributed by atoms with Gasteiger partial charge in [0, 0.05) is 0 Å². The lowest BCUT2D eigenvalue weighted by molar-refractivity contribution is -0.122. The average molecular weight is 431 g/mol. The van der Waals surface area contributed by atoms with Gasteiger partial charge in [-0.15, -0.1) is 0 Å².